The summed E-state index contributed by atoms with van der Waals surface area (Å²) >= 11 is 5.04. The topological polar surface area (TPSA) is 44.0 Å². The number of hydrogen-bond acceptors (Lipinski definition) is 2. The fourth-order valence-corrected chi connectivity index (χ4v) is 1.82. The highest BCUT2D eigenvalue weighted by molar-refractivity contribution is 6.18. The Bertz CT molecular complexity index is 187. The predicted molar refractivity (Wildman–Crippen MR) is 43.2 cm³/mol. The Morgan fingerprint density at radius 1 is 1.18 bits per heavy atom. The van der Waals surface area contributed by atoms with Crippen molar-refractivity contribution in [1.29, 1.82) is 5.26 Å². The monoisotopic (exact) mass is 177 g/mol. The van der Waals surface area contributed by atoms with Crippen LogP contribution in [0.2, 0.25) is 4.28 Å². The van der Waals surface area contributed by atoms with Crippen molar-refractivity contribution in [3.63, 3.8) is 0 Å². The second-order valence-corrected chi connectivity index (χ2v) is 5.55. The third kappa shape index (κ3) is 2.49. The van der Waals surface area contributed by atoms with Gasteiger partial charge in [-0.25, -0.2) is 0 Å². The van der Waals surface area contributed by atoms with Gasteiger partial charge in [0.25, 0.3) is 0 Å². The average molecular weight is 177 g/mol. The fraction of sp³-hybridized carbons (Fsp3) is 0.857. The molecule has 11 heavy (non-hydrogen) atoms. The molecule has 1 saturated carbocycles. The third-order valence-corrected chi connectivity index (χ3v) is 3.51. The van der Waals surface area contributed by atoms with Crippen molar-refractivity contribution >= 4 is 32.6 Å². The van der Waals surface area contributed by atoms with Gasteiger partial charge in [0.05, 0.1) is 6.07 Å². The Morgan fingerprint density at radius 2 is 1.64 bits per heavy atom. The van der Waals surface area contributed by atoms with E-state index in [1.165, 1.54) is 0 Å². The van der Waals surface area contributed by atoms with Crippen LogP contribution >= 0.6 is 0 Å². The standard InChI is InChI=1S/C7H9NO.2Al/c8-5-6-1-3-7(9)4-2-6;;/h9H,1-4H2;;. The first kappa shape index (κ1) is 9.60. The summed E-state index contributed by atoms with van der Waals surface area (Å²) in [6.07, 6.45) is 2.95. The SMILES string of the molecule is N#C[C]1([Al])CC[C](O)([Al])CC1. The van der Waals surface area contributed by atoms with Gasteiger partial charge in [0.15, 0.2) is 32.6 Å². The molecule has 0 spiro atoms. The van der Waals surface area contributed by atoms with Crippen LogP contribution < -0.4 is 0 Å². The normalized spacial score (nSPS) is 44.7. The summed E-state index contributed by atoms with van der Waals surface area (Å²) in [6, 6.07) is 2.26. The van der Waals surface area contributed by atoms with E-state index >= 15 is 0 Å². The number of hydrogen-bond donors (Lipinski definition) is 1. The summed E-state index contributed by atoms with van der Waals surface area (Å²) in [5.41, 5.74) is 0. The lowest BCUT2D eigenvalue weighted by Gasteiger charge is -2.38. The smallest absolute Gasteiger partial charge is 0.176 e. The summed E-state index contributed by atoms with van der Waals surface area (Å²) in [5, 5.41) is 18.3. The van der Waals surface area contributed by atoms with Crippen molar-refractivity contribution in [3.05, 3.63) is 0 Å². The van der Waals surface area contributed by atoms with Crippen molar-refractivity contribution in [2.45, 2.75) is 34.4 Å². The largest absolute Gasteiger partial charge is 0.408 e. The van der Waals surface area contributed by atoms with Gasteiger partial charge < -0.3 is 5.11 Å². The lowest BCUT2D eigenvalue weighted by molar-refractivity contribution is 0.0787. The van der Waals surface area contributed by atoms with Crippen molar-refractivity contribution in [1.82, 2.24) is 0 Å². The van der Waals surface area contributed by atoms with Crippen LogP contribution in [-0.4, -0.2) is 42.2 Å². The molecule has 4 radical (unpaired) electrons. The van der Waals surface area contributed by atoms with E-state index in [4.69, 9.17) is 5.26 Å². The molecular formula is C7H9Al2NO. The molecule has 1 rings (SSSR count). The average Bonchev–Trinajstić information content (AvgIpc) is 1.97. The Morgan fingerprint density at radius 3 is 2.00 bits per heavy atom. The van der Waals surface area contributed by atoms with Gasteiger partial charge in [-0.15, -0.1) is 0 Å². The molecule has 0 atom stereocenters. The van der Waals surface area contributed by atoms with E-state index in [9.17, 15) is 5.11 Å². The molecule has 2 nitrogen and oxygen atoms in total. The molecule has 0 heterocycles. The van der Waals surface area contributed by atoms with Gasteiger partial charge in [-0.05, 0) is 34.4 Å². The zero-order valence-electron chi connectivity index (χ0n) is 6.38. The molecule has 1 aliphatic carbocycles. The maximum Gasteiger partial charge on any atom is 0.176 e. The van der Waals surface area contributed by atoms with Crippen LogP contribution in [0, 0.1) is 11.3 Å². The zero-order chi connectivity index (χ0) is 8.54. The quantitative estimate of drug-likeness (QED) is 0.539. The first-order chi connectivity index (χ1) is 4.97. The van der Waals surface area contributed by atoms with E-state index in [1.807, 2.05) is 0 Å². The number of nitriles is 1. The van der Waals surface area contributed by atoms with Gasteiger partial charge in [0.1, 0.15) is 0 Å². The van der Waals surface area contributed by atoms with Gasteiger partial charge in [0.2, 0.25) is 0 Å². The van der Waals surface area contributed by atoms with Gasteiger partial charge in [-0.2, -0.15) is 5.26 Å². The van der Waals surface area contributed by atoms with E-state index in [-0.39, 0.29) is 4.28 Å². The highest BCUT2D eigenvalue weighted by Gasteiger charge is 2.33. The molecule has 1 aliphatic rings. The number of nitrogens with zero attached hydrogens (tertiary/aromatic N) is 1. The Hall–Kier alpha value is 0.515. The highest BCUT2D eigenvalue weighted by Crippen LogP contribution is 2.41. The molecule has 0 saturated heterocycles. The Labute approximate surface area is 83.4 Å². The molecule has 0 aromatic rings. The van der Waals surface area contributed by atoms with E-state index in [1.54, 1.807) is 0 Å². The molecule has 0 unspecified atom stereocenters. The first-order valence-corrected chi connectivity index (χ1v) is 4.84. The molecule has 0 aliphatic heterocycles. The molecular weight excluding hydrogens is 168 g/mol. The Kier molecular flexibility index (Phi) is 2.71. The van der Waals surface area contributed by atoms with Crippen LogP contribution in [0.5, 0.6) is 0 Å². The molecule has 54 valence electrons. The van der Waals surface area contributed by atoms with Crippen molar-refractivity contribution < 1.29 is 5.11 Å². The summed E-state index contributed by atoms with van der Waals surface area (Å²) in [5.74, 6) is 0. The third-order valence-electron chi connectivity index (χ3n) is 2.23. The Balaban J connectivity index is 2.56. The molecule has 0 amide bonds. The zero-order valence-corrected chi connectivity index (χ0v) is 8.69. The molecule has 0 aromatic carbocycles. The van der Waals surface area contributed by atoms with E-state index in [2.05, 4.69) is 38.6 Å². The summed E-state index contributed by atoms with van der Waals surface area (Å²) < 4.78 is -0.889. The van der Waals surface area contributed by atoms with E-state index in [0.29, 0.717) is 12.8 Å². The van der Waals surface area contributed by atoms with Crippen molar-refractivity contribution in [2.75, 3.05) is 0 Å². The van der Waals surface area contributed by atoms with Crippen molar-refractivity contribution in [3.8, 4) is 6.07 Å². The van der Waals surface area contributed by atoms with Crippen LogP contribution in [-0.2, 0) is 0 Å². The molecule has 1 fully saturated rings. The lowest BCUT2D eigenvalue weighted by atomic mass is 9.86. The minimum Gasteiger partial charge on any atom is -0.408 e. The van der Waals surface area contributed by atoms with E-state index < -0.39 is 4.46 Å². The second-order valence-electron chi connectivity index (χ2n) is 3.37. The molecule has 1 N–H and O–H groups in total. The number of rotatable bonds is 0. The van der Waals surface area contributed by atoms with Gasteiger partial charge in [0, 0.05) is 0 Å². The lowest BCUT2D eigenvalue weighted by Crippen LogP contribution is -2.36. The van der Waals surface area contributed by atoms with Gasteiger partial charge in [-0.1, -0.05) is 0 Å². The van der Waals surface area contributed by atoms with Crippen LogP contribution in [0.4, 0.5) is 0 Å². The van der Waals surface area contributed by atoms with Crippen LogP contribution in [0.15, 0.2) is 0 Å². The van der Waals surface area contributed by atoms with Crippen LogP contribution in [0.1, 0.15) is 25.7 Å². The molecule has 4 heteroatoms. The summed E-state index contributed by atoms with van der Waals surface area (Å²) in [7, 11) is 0. The summed E-state index contributed by atoms with van der Waals surface area (Å²) in [6.45, 7) is 0. The van der Waals surface area contributed by atoms with Crippen LogP contribution in [0.25, 0.3) is 0 Å². The fourth-order valence-electron chi connectivity index (χ4n) is 1.24. The maximum absolute atomic E-state index is 9.55. The van der Waals surface area contributed by atoms with Crippen molar-refractivity contribution in [2.24, 2.45) is 0 Å². The van der Waals surface area contributed by atoms with Gasteiger partial charge >= 0.3 is 0 Å². The maximum atomic E-state index is 9.55. The van der Waals surface area contributed by atoms with E-state index in [0.717, 1.165) is 12.8 Å². The van der Waals surface area contributed by atoms with Gasteiger partial charge in [-0.3, -0.25) is 0 Å². The molecule has 0 aromatic heterocycles. The highest BCUT2D eigenvalue weighted by atomic mass is 27.1. The van der Waals surface area contributed by atoms with Crippen LogP contribution in [0.3, 0.4) is 0 Å². The first-order valence-electron chi connectivity index (χ1n) is 3.69. The number of aliphatic hydroxyl groups is 1. The second kappa shape index (κ2) is 3.10. The summed E-state index contributed by atoms with van der Waals surface area (Å²) in [4.78, 5) is 0. The predicted octanol–water partition coefficient (Wildman–Crippen LogP) is 0.268. The molecule has 0 bridgehead atoms. The minimum atomic E-state index is -0.614. The minimum absolute atomic E-state index is 0.275.